The fraction of sp³-hybridized carbons (Fsp3) is 0.684. The minimum absolute atomic E-state index is 0. The normalized spacial score (nSPS) is 20.2. The largest absolute Gasteiger partial charge is 0.383 e. The third kappa shape index (κ3) is 6.11. The molecule has 7 heteroatoms. The number of carbonyl (C=O) groups excluding carboxylic acids is 1. The molecule has 0 radical (unpaired) electrons. The lowest BCUT2D eigenvalue weighted by Crippen LogP contribution is -2.42. The molecule has 2 rings (SSSR count). The van der Waals surface area contributed by atoms with Gasteiger partial charge < -0.3 is 14.6 Å². The Balaban J connectivity index is 0.00000338. The van der Waals surface area contributed by atoms with Crippen LogP contribution in [0.1, 0.15) is 26.0 Å². The van der Waals surface area contributed by atoms with Crippen LogP contribution in [0.2, 0.25) is 0 Å². The highest BCUT2D eigenvalue weighted by molar-refractivity contribution is 5.85. The highest BCUT2D eigenvalue weighted by Crippen LogP contribution is 2.24. The van der Waals surface area contributed by atoms with E-state index in [1.807, 2.05) is 13.0 Å². The maximum atomic E-state index is 12.4. The molecule has 0 aliphatic carbocycles. The third-order valence-corrected chi connectivity index (χ3v) is 5.09. The number of ether oxygens (including phenoxy) is 1. The molecule has 0 spiro atoms. The number of nitrogens with one attached hydrogen (secondary N) is 1. The van der Waals surface area contributed by atoms with Crippen molar-refractivity contribution in [2.75, 3.05) is 33.4 Å². The van der Waals surface area contributed by atoms with E-state index in [9.17, 15) is 9.59 Å². The van der Waals surface area contributed by atoms with Crippen LogP contribution in [0.15, 0.2) is 23.0 Å². The molecule has 2 heterocycles. The van der Waals surface area contributed by atoms with Gasteiger partial charge in [0.05, 0.1) is 6.61 Å². The monoisotopic (exact) mass is 385 g/mol. The lowest BCUT2D eigenvalue weighted by atomic mass is 9.91. The summed E-state index contributed by atoms with van der Waals surface area (Å²) in [7, 11) is 1.71. The van der Waals surface area contributed by atoms with Crippen LogP contribution in [0.4, 0.5) is 0 Å². The molecule has 1 aromatic heterocycles. The summed E-state index contributed by atoms with van der Waals surface area (Å²) in [6.45, 7) is 10.2. The van der Waals surface area contributed by atoms with Crippen molar-refractivity contribution in [3.8, 4) is 0 Å². The quantitative estimate of drug-likeness (QED) is 0.739. The number of pyridine rings is 1. The van der Waals surface area contributed by atoms with E-state index < -0.39 is 0 Å². The summed E-state index contributed by atoms with van der Waals surface area (Å²) in [5.41, 5.74) is 0.825. The third-order valence-electron chi connectivity index (χ3n) is 5.09. The Hall–Kier alpha value is -1.37. The Labute approximate surface area is 162 Å². The molecule has 1 N–H and O–H groups in total. The van der Waals surface area contributed by atoms with Gasteiger partial charge in [0.15, 0.2) is 0 Å². The molecule has 26 heavy (non-hydrogen) atoms. The average molecular weight is 386 g/mol. The molecule has 0 saturated carbocycles. The van der Waals surface area contributed by atoms with E-state index in [4.69, 9.17) is 4.74 Å². The van der Waals surface area contributed by atoms with Gasteiger partial charge in [-0.3, -0.25) is 14.5 Å². The van der Waals surface area contributed by atoms with Gasteiger partial charge in [-0.25, -0.2) is 0 Å². The second-order valence-electron chi connectivity index (χ2n) is 7.24. The number of carbonyl (C=O) groups is 1. The zero-order valence-electron chi connectivity index (χ0n) is 16.2. The molecular weight excluding hydrogens is 354 g/mol. The molecule has 1 fully saturated rings. The number of likely N-dealkylation sites (tertiary alicyclic amines) is 1. The summed E-state index contributed by atoms with van der Waals surface area (Å²) in [5.74, 6) is 0.971. The van der Waals surface area contributed by atoms with Crippen LogP contribution in [-0.4, -0.2) is 54.8 Å². The maximum absolute atomic E-state index is 12.4. The smallest absolute Gasteiger partial charge is 0.250 e. The molecule has 6 nitrogen and oxygen atoms in total. The van der Waals surface area contributed by atoms with Gasteiger partial charge in [0, 0.05) is 57.5 Å². The van der Waals surface area contributed by atoms with Crippen LogP contribution < -0.4 is 10.9 Å². The number of nitrogens with zero attached hydrogens (tertiary/aromatic N) is 2. The van der Waals surface area contributed by atoms with Gasteiger partial charge >= 0.3 is 0 Å². The van der Waals surface area contributed by atoms with Crippen molar-refractivity contribution in [3.05, 3.63) is 34.2 Å². The Morgan fingerprint density at radius 3 is 2.65 bits per heavy atom. The van der Waals surface area contributed by atoms with Gasteiger partial charge in [-0.15, -0.1) is 12.4 Å². The summed E-state index contributed by atoms with van der Waals surface area (Å²) in [5, 5.41) is 3.19. The summed E-state index contributed by atoms with van der Waals surface area (Å²) in [6.07, 6.45) is 0.324. The minimum atomic E-state index is -0.0561. The van der Waals surface area contributed by atoms with Crippen molar-refractivity contribution in [1.29, 1.82) is 0 Å². The van der Waals surface area contributed by atoms with Crippen LogP contribution in [0.25, 0.3) is 0 Å². The summed E-state index contributed by atoms with van der Waals surface area (Å²) in [4.78, 5) is 26.7. The number of aryl methyl sites for hydroxylation is 1. The topological polar surface area (TPSA) is 63.6 Å². The molecule has 0 bridgehead atoms. The van der Waals surface area contributed by atoms with Crippen molar-refractivity contribution in [2.24, 2.45) is 11.8 Å². The van der Waals surface area contributed by atoms with E-state index in [0.29, 0.717) is 31.4 Å². The van der Waals surface area contributed by atoms with Gasteiger partial charge in [0.2, 0.25) is 5.91 Å². The van der Waals surface area contributed by atoms with E-state index in [0.717, 1.165) is 25.3 Å². The average Bonchev–Trinajstić information content (AvgIpc) is 2.95. The molecular formula is C19H32ClN3O3. The number of amides is 1. The summed E-state index contributed by atoms with van der Waals surface area (Å²) in [6, 6.07) is 5.33. The van der Waals surface area contributed by atoms with E-state index in [1.165, 1.54) is 6.07 Å². The van der Waals surface area contributed by atoms with Gasteiger partial charge in [0.25, 0.3) is 5.56 Å². The van der Waals surface area contributed by atoms with Crippen molar-refractivity contribution in [3.63, 3.8) is 0 Å². The molecule has 1 aliphatic heterocycles. The fourth-order valence-corrected chi connectivity index (χ4v) is 3.55. The number of hydrogen-bond donors (Lipinski definition) is 1. The van der Waals surface area contributed by atoms with E-state index in [-0.39, 0.29) is 29.9 Å². The van der Waals surface area contributed by atoms with E-state index >= 15 is 0 Å². The van der Waals surface area contributed by atoms with Gasteiger partial charge in [-0.05, 0) is 24.8 Å². The number of hydrogen-bond acceptors (Lipinski definition) is 4. The Morgan fingerprint density at radius 1 is 1.31 bits per heavy atom. The van der Waals surface area contributed by atoms with E-state index in [1.54, 1.807) is 17.7 Å². The molecule has 0 unspecified atom stereocenters. The lowest BCUT2D eigenvalue weighted by Gasteiger charge is -2.23. The molecule has 0 aromatic carbocycles. The molecule has 1 amide bonds. The number of halogens is 1. The first-order valence-electron chi connectivity index (χ1n) is 9.09. The molecule has 1 aromatic rings. The second kappa shape index (κ2) is 10.7. The standard InChI is InChI=1S/C19H31N3O3.ClH/c1-14(2)16-12-21(10-11-25-4)13-17(16)20-18(23)8-9-22-15(3)6-5-7-19(22)24;/h5-7,14,16-17H,8-13H2,1-4H3,(H,20,23);1H/t16-,17+;/m1./s1. The number of methoxy groups -OCH3 is 1. The van der Waals surface area contributed by atoms with Crippen molar-refractivity contribution in [2.45, 2.75) is 39.8 Å². The predicted molar refractivity (Wildman–Crippen MR) is 106 cm³/mol. The van der Waals surface area contributed by atoms with Crippen LogP contribution in [0.3, 0.4) is 0 Å². The van der Waals surface area contributed by atoms with Gasteiger partial charge in [-0.1, -0.05) is 19.9 Å². The number of aromatic nitrogens is 1. The van der Waals surface area contributed by atoms with Crippen molar-refractivity contribution >= 4 is 18.3 Å². The van der Waals surface area contributed by atoms with Crippen LogP contribution >= 0.6 is 12.4 Å². The first kappa shape index (κ1) is 22.7. The second-order valence-corrected chi connectivity index (χ2v) is 7.24. The summed E-state index contributed by atoms with van der Waals surface area (Å²) >= 11 is 0. The van der Waals surface area contributed by atoms with Crippen LogP contribution in [-0.2, 0) is 16.1 Å². The van der Waals surface area contributed by atoms with E-state index in [2.05, 4.69) is 24.1 Å². The molecule has 1 saturated heterocycles. The van der Waals surface area contributed by atoms with Gasteiger partial charge in [-0.2, -0.15) is 0 Å². The fourth-order valence-electron chi connectivity index (χ4n) is 3.55. The zero-order chi connectivity index (χ0) is 18.4. The van der Waals surface area contributed by atoms with Crippen molar-refractivity contribution < 1.29 is 9.53 Å². The summed E-state index contributed by atoms with van der Waals surface area (Å²) < 4.78 is 6.82. The molecule has 2 atom stereocenters. The highest BCUT2D eigenvalue weighted by atomic mass is 35.5. The maximum Gasteiger partial charge on any atom is 0.250 e. The Morgan fingerprint density at radius 2 is 2.04 bits per heavy atom. The SMILES string of the molecule is COCCN1C[C@H](NC(=O)CCn2c(C)cccc2=O)[C@@H](C(C)C)C1.Cl. The van der Waals surface area contributed by atoms with Gasteiger partial charge in [0.1, 0.15) is 0 Å². The predicted octanol–water partition coefficient (Wildman–Crippen LogP) is 1.69. The van der Waals surface area contributed by atoms with Crippen LogP contribution in [0.5, 0.6) is 0 Å². The molecule has 148 valence electrons. The van der Waals surface area contributed by atoms with Crippen LogP contribution in [0, 0.1) is 18.8 Å². The lowest BCUT2D eigenvalue weighted by molar-refractivity contribution is -0.122. The first-order chi connectivity index (χ1) is 11.9. The number of rotatable bonds is 8. The minimum Gasteiger partial charge on any atom is -0.383 e. The molecule has 1 aliphatic rings. The first-order valence-corrected chi connectivity index (χ1v) is 9.09. The highest BCUT2D eigenvalue weighted by Gasteiger charge is 2.35. The van der Waals surface area contributed by atoms with Crippen molar-refractivity contribution in [1.82, 2.24) is 14.8 Å². The Bertz CT molecular complexity index is 633. The zero-order valence-corrected chi connectivity index (χ0v) is 17.1. The Kier molecular flexibility index (Phi) is 9.33.